The predicted molar refractivity (Wildman–Crippen MR) is 114 cm³/mol. The van der Waals surface area contributed by atoms with E-state index in [9.17, 15) is 9.59 Å². The first-order valence-electron chi connectivity index (χ1n) is 9.96. The van der Waals surface area contributed by atoms with Gasteiger partial charge in [0.2, 0.25) is 0 Å². The molecule has 2 amide bonds. The number of benzene rings is 1. The van der Waals surface area contributed by atoms with Crippen molar-refractivity contribution in [2.75, 3.05) is 17.6 Å². The van der Waals surface area contributed by atoms with Crippen molar-refractivity contribution < 1.29 is 9.59 Å². The van der Waals surface area contributed by atoms with E-state index in [1.165, 1.54) is 6.20 Å². The van der Waals surface area contributed by atoms with Gasteiger partial charge < -0.3 is 16.0 Å². The van der Waals surface area contributed by atoms with Crippen LogP contribution in [0.2, 0.25) is 0 Å². The van der Waals surface area contributed by atoms with Crippen molar-refractivity contribution in [3.8, 4) is 11.1 Å². The molecule has 0 saturated carbocycles. The molecule has 1 aromatic carbocycles. The molecule has 1 atom stereocenters. The zero-order chi connectivity index (χ0) is 21.1. The van der Waals surface area contributed by atoms with Crippen molar-refractivity contribution in [1.82, 2.24) is 20.1 Å². The molecule has 0 unspecified atom stereocenters. The largest absolute Gasteiger partial charge is 0.383 e. The second-order valence-corrected chi connectivity index (χ2v) is 7.50. The van der Waals surface area contributed by atoms with Gasteiger partial charge >= 0.3 is 11.8 Å². The second-order valence-electron chi connectivity index (χ2n) is 7.50. The highest BCUT2D eigenvalue weighted by Gasteiger charge is 2.31. The van der Waals surface area contributed by atoms with Crippen LogP contribution in [0, 0.1) is 6.92 Å². The minimum absolute atomic E-state index is 0.123. The number of nitrogens with two attached hydrogens (primary N) is 1. The molecule has 8 heteroatoms. The lowest BCUT2D eigenvalue weighted by Gasteiger charge is -2.35. The second kappa shape index (κ2) is 8.36. The molecule has 4 rings (SSSR count). The molecule has 4 N–H and O–H groups in total. The van der Waals surface area contributed by atoms with Gasteiger partial charge in [-0.2, -0.15) is 5.10 Å². The average Bonchev–Trinajstić information content (AvgIpc) is 3.31. The van der Waals surface area contributed by atoms with Gasteiger partial charge in [0.1, 0.15) is 5.82 Å². The number of likely N-dealkylation sites (tertiary alicyclic amines) is 1. The van der Waals surface area contributed by atoms with E-state index in [2.05, 4.69) is 20.5 Å². The maximum atomic E-state index is 12.9. The van der Waals surface area contributed by atoms with Gasteiger partial charge in [-0.1, -0.05) is 24.3 Å². The number of hydrogen-bond donors (Lipinski definition) is 3. The van der Waals surface area contributed by atoms with E-state index < -0.39 is 11.8 Å². The number of piperidine rings is 1. The van der Waals surface area contributed by atoms with Gasteiger partial charge in [-0.25, -0.2) is 4.98 Å². The molecular formula is C22H24N6O2. The van der Waals surface area contributed by atoms with E-state index in [0.29, 0.717) is 18.1 Å². The van der Waals surface area contributed by atoms with Crippen molar-refractivity contribution >= 4 is 23.3 Å². The fourth-order valence-corrected chi connectivity index (χ4v) is 3.80. The lowest BCUT2D eigenvalue weighted by Crippen LogP contribution is -2.44. The third-order valence-electron chi connectivity index (χ3n) is 5.46. The van der Waals surface area contributed by atoms with E-state index in [1.54, 1.807) is 24.1 Å². The molecule has 0 bridgehead atoms. The topological polar surface area (TPSA) is 117 Å². The molecule has 30 heavy (non-hydrogen) atoms. The number of aromatic nitrogens is 3. The number of amides is 2. The monoisotopic (exact) mass is 404 g/mol. The Morgan fingerprint density at radius 1 is 1.17 bits per heavy atom. The van der Waals surface area contributed by atoms with Crippen molar-refractivity contribution in [1.29, 1.82) is 0 Å². The first-order valence-corrected chi connectivity index (χ1v) is 9.96. The highest BCUT2D eigenvalue weighted by molar-refractivity contribution is 6.39. The van der Waals surface area contributed by atoms with Crippen LogP contribution in [0.25, 0.3) is 11.1 Å². The lowest BCUT2D eigenvalue weighted by atomic mass is 9.94. The number of aromatic amines is 1. The third-order valence-corrected chi connectivity index (χ3v) is 5.46. The minimum atomic E-state index is -0.664. The smallest absolute Gasteiger partial charge is 0.313 e. The number of nitrogens with zero attached hydrogens (tertiary/aromatic N) is 3. The summed E-state index contributed by atoms with van der Waals surface area (Å²) in [6, 6.07) is 9.64. The van der Waals surface area contributed by atoms with E-state index in [1.807, 2.05) is 30.5 Å². The summed E-state index contributed by atoms with van der Waals surface area (Å²) < 4.78 is 0. The normalized spacial score (nSPS) is 16.3. The van der Waals surface area contributed by atoms with Crippen LogP contribution in [-0.4, -0.2) is 38.4 Å². The summed E-state index contributed by atoms with van der Waals surface area (Å²) >= 11 is 0. The Morgan fingerprint density at radius 3 is 2.67 bits per heavy atom. The van der Waals surface area contributed by atoms with E-state index in [4.69, 9.17) is 5.73 Å². The molecule has 8 nitrogen and oxygen atoms in total. The molecule has 3 heterocycles. The predicted octanol–water partition coefficient (Wildman–Crippen LogP) is 3.05. The van der Waals surface area contributed by atoms with Crippen molar-refractivity contribution in [3.05, 3.63) is 60.0 Å². The number of rotatable bonds is 3. The van der Waals surface area contributed by atoms with Gasteiger partial charge in [-0.3, -0.25) is 14.7 Å². The van der Waals surface area contributed by atoms with E-state index >= 15 is 0 Å². The van der Waals surface area contributed by atoms with Crippen LogP contribution in [0.5, 0.6) is 0 Å². The summed E-state index contributed by atoms with van der Waals surface area (Å²) in [5, 5.41) is 9.43. The molecule has 3 aromatic rings. The number of carbonyl (C=O) groups is 2. The van der Waals surface area contributed by atoms with Gasteiger partial charge in [0.05, 0.1) is 24.1 Å². The highest BCUT2D eigenvalue weighted by Crippen LogP contribution is 2.32. The Balaban J connectivity index is 1.50. The molecule has 154 valence electrons. The van der Waals surface area contributed by atoms with Crippen molar-refractivity contribution in [2.24, 2.45) is 0 Å². The number of carbonyl (C=O) groups excluding carboxylic acids is 2. The Morgan fingerprint density at radius 2 is 1.97 bits per heavy atom. The summed E-state index contributed by atoms with van der Waals surface area (Å²) in [6.45, 7) is 2.35. The van der Waals surface area contributed by atoms with Crippen molar-refractivity contribution in [3.63, 3.8) is 0 Å². The molecule has 0 radical (unpaired) electrons. The molecule has 1 aliphatic heterocycles. The van der Waals surface area contributed by atoms with Crippen LogP contribution in [0.15, 0.2) is 48.9 Å². The zero-order valence-corrected chi connectivity index (χ0v) is 16.8. The Kier molecular flexibility index (Phi) is 5.47. The molecule has 0 spiro atoms. The third kappa shape index (κ3) is 4.03. The van der Waals surface area contributed by atoms with Crippen LogP contribution in [0.3, 0.4) is 0 Å². The first-order chi connectivity index (χ1) is 14.5. The number of anilines is 2. The van der Waals surface area contributed by atoms with Gasteiger partial charge in [-0.05, 0) is 48.9 Å². The number of H-pyrrole nitrogens is 1. The fraction of sp³-hybridized carbons (Fsp3) is 0.273. The Labute approximate surface area is 174 Å². The lowest BCUT2D eigenvalue weighted by molar-refractivity contribution is -0.145. The molecule has 1 aliphatic rings. The maximum absolute atomic E-state index is 12.9. The standard InChI is InChI=1S/C22H24N6O2/c1-14-10-18(13-24-20(14)23)27-21(29)22(30)28-9-3-2-4-19(28)16-7-5-15(6-8-16)17-11-25-26-12-17/h5-8,10-13,19H,2-4,9H2,1H3,(H2,23,24)(H,25,26)(H,27,29)/t19-/m0/s1. The molecule has 1 fully saturated rings. The van der Waals surface area contributed by atoms with Gasteiger partial charge in [0.25, 0.3) is 0 Å². The quantitative estimate of drug-likeness (QED) is 0.580. The fourth-order valence-electron chi connectivity index (χ4n) is 3.80. The van der Waals surface area contributed by atoms with Crippen LogP contribution >= 0.6 is 0 Å². The average molecular weight is 404 g/mol. The van der Waals surface area contributed by atoms with Crippen LogP contribution in [-0.2, 0) is 9.59 Å². The summed E-state index contributed by atoms with van der Waals surface area (Å²) in [4.78, 5) is 31.3. The number of nitrogen functional groups attached to an aromatic ring is 1. The minimum Gasteiger partial charge on any atom is -0.383 e. The summed E-state index contributed by atoms with van der Waals surface area (Å²) in [7, 11) is 0. The molecule has 2 aromatic heterocycles. The SMILES string of the molecule is Cc1cc(NC(=O)C(=O)N2CCCC[C@H]2c2ccc(-c3cn[nH]c3)cc2)cnc1N. The van der Waals surface area contributed by atoms with Crippen LogP contribution in [0.1, 0.15) is 36.4 Å². The summed E-state index contributed by atoms with van der Waals surface area (Å²) in [5.41, 5.74) is 9.99. The van der Waals surface area contributed by atoms with Crippen molar-refractivity contribution in [2.45, 2.75) is 32.2 Å². The van der Waals surface area contributed by atoms with Gasteiger partial charge in [-0.15, -0.1) is 0 Å². The van der Waals surface area contributed by atoms with E-state index in [-0.39, 0.29) is 6.04 Å². The number of aryl methyl sites for hydroxylation is 1. The van der Waals surface area contributed by atoms with Crippen LogP contribution in [0.4, 0.5) is 11.5 Å². The zero-order valence-electron chi connectivity index (χ0n) is 16.8. The summed E-state index contributed by atoms with van der Waals surface area (Å²) in [5.74, 6) is -0.801. The first kappa shape index (κ1) is 19.6. The van der Waals surface area contributed by atoms with Gasteiger partial charge in [0, 0.05) is 18.3 Å². The summed E-state index contributed by atoms with van der Waals surface area (Å²) in [6.07, 6.45) is 7.78. The molecule has 1 saturated heterocycles. The number of hydrogen-bond acceptors (Lipinski definition) is 5. The van der Waals surface area contributed by atoms with Gasteiger partial charge in [0.15, 0.2) is 0 Å². The van der Waals surface area contributed by atoms with E-state index in [0.717, 1.165) is 41.5 Å². The number of pyridine rings is 1. The molecular weight excluding hydrogens is 380 g/mol. The Hall–Kier alpha value is -3.68. The number of nitrogens with one attached hydrogen (secondary N) is 2. The van der Waals surface area contributed by atoms with Crippen LogP contribution < -0.4 is 11.1 Å². The Bertz CT molecular complexity index is 1050. The maximum Gasteiger partial charge on any atom is 0.313 e. The molecule has 0 aliphatic carbocycles. The highest BCUT2D eigenvalue weighted by atomic mass is 16.2.